The number of carbonyl (C=O) groups is 1. The molecule has 0 amide bonds. The quantitative estimate of drug-likeness (QED) is 0.659. The third kappa shape index (κ3) is 5.16. The summed E-state index contributed by atoms with van der Waals surface area (Å²) in [6.45, 7) is 13.1. The van der Waals surface area contributed by atoms with Gasteiger partial charge >= 0.3 is 5.97 Å². The van der Waals surface area contributed by atoms with Gasteiger partial charge in [-0.2, -0.15) is 0 Å². The lowest BCUT2D eigenvalue weighted by atomic mass is 9.70. The van der Waals surface area contributed by atoms with E-state index in [1.54, 1.807) is 0 Å². The zero-order chi connectivity index (χ0) is 14.7. The molecule has 0 N–H and O–H groups in total. The molecule has 0 heterocycles. The largest absolute Gasteiger partial charge is 0.462 e. The van der Waals surface area contributed by atoms with Crippen LogP contribution in [0.5, 0.6) is 0 Å². The fourth-order valence-electron chi connectivity index (χ4n) is 2.69. The van der Waals surface area contributed by atoms with Crippen molar-refractivity contribution in [1.29, 1.82) is 0 Å². The van der Waals surface area contributed by atoms with Gasteiger partial charge in [0.2, 0.25) is 0 Å². The summed E-state index contributed by atoms with van der Waals surface area (Å²) in [5.41, 5.74) is 0.175. The van der Waals surface area contributed by atoms with Crippen molar-refractivity contribution in [2.75, 3.05) is 0 Å². The van der Waals surface area contributed by atoms with Crippen molar-refractivity contribution in [2.24, 2.45) is 16.7 Å². The standard InChI is InChI=1S/C17H32O2/c1-7-17(5,6)12-14(16(2,3)4)15(18)19-13-10-8-9-11-13/h13-14H,7-12H2,1-6H3. The van der Waals surface area contributed by atoms with Gasteiger partial charge in [-0.25, -0.2) is 0 Å². The van der Waals surface area contributed by atoms with E-state index in [1.807, 2.05) is 0 Å². The average molecular weight is 268 g/mol. The van der Waals surface area contributed by atoms with E-state index < -0.39 is 0 Å². The molecule has 1 aliphatic carbocycles. The van der Waals surface area contributed by atoms with E-state index in [4.69, 9.17) is 4.74 Å². The van der Waals surface area contributed by atoms with Crippen LogP contribution in [0.1, 0.15) is 80.1 Å². The van der Waals surface area contributed by atoms with E-state index in [2.05, 4.69) is 41.5 Å². The van der Waals surface area contributed by atoms with Crippen LogP contribution >= 0.6 is 0 Å². The number of hydrogen-bond acceptors (Lipinski definition) is 2. The van der Waals surface area contributed by atoms with Gasteiger partial charge in [0.1, 0.15) is 6.10 Å². The molecule has 1 saturated carbocycles. The van der Waals surface area contributed by atoms with Crippen LogP contribution < -0.4 is 0 Å². The molecule has 1 rings (SSSR count). The second-order valence-electron chi connectivity index (χ2n) is 7.98. The minimum atomic E-state index is -0.0257. The highest BCUT2D eigenvalue weighted by Crippen LogP contribution is 2.39. The first-order chi connectivity index (χ1) is 8.65. The van der Waals surface area contributed by atoms with Gasteiger partial charge in [0.25, 0.3) is 0 Å². The van der Waals surface area contributed by atoms with Crippen LogP contribution in [0.25, 0.3) is 0 Å². The first-order valence-electron chi connectivity index (χ1n) is 7.86. The predicted octanol–water partition coefficient (Wildman–Crippen LogP) is 4.96. The highest BCUT2D eigenvalue weighted by Gasteiger charge is 2.37. The lowest BCUT2D eigenvalue weighted by molar-refractivity contribution is -0.159. The SMILES string of the molecule is CCC(C)(C)CC(C(=O)OC1CCCC1)C(C)(C)C. The van der Waals surface area contributed by atoms with Gasteiger partial charge in [-0.05, 0) is 42.9 Å². The van der Waals surface area contributed by atoms with Crippen molar-refractivity contribution in [3.05, 3.63) is 0 Å². The molecule has 1 unspecified atom stereocenters. The number of rotatable bonds is 5. The molecule has 0 aromatic carbocycles. The van der Waals surface area contributed by atoms with Crippen molar-refractivity contribution in [1.82, 2.24) is 0 Å². The maximum absolute atomic E-state index is 12.5. The van der Waals surface area contributed by atoms with Crippen LogP contribution in [0.2, 0.25) is 0 Å². The van der Waals surface area contributed by atoms with E-state index in [0.717, 1.165) is 25.7 Å². The molecule has 0 spiro atoms. The first-order valence-corrected chi connectivity index (χ1v) is 7.86. The van der Waals surface area contributed by atoms with Crippen molar-refractivity contribution in [3.63, 3.8) is 0 Å². The fraction of sp³-hybridized carbons (Fsp3) is 0.941. The van der Waals surface area contributed by atoms with Gasteiger partial charge in [0, 0.05) is 0 Å². The second kappa shape index (κ2) is 6.28. The lowest BCUT2D eigenvalue weighted by Crippen LogP contribution is -2.35. The van der Waals surface area contributed by atoms with Gasteiger partial charge in [-0.15, -0.1) is 0 Å². The van der Waals surface area contributed by atoms with Crippen LogP contribution in [0.4, 0.5) is 0 Å². The molecular formula is C17H32O2. The summed E-state index contributed by atoms with van der Waals surface area (Å²) >= 11 is 0. The maximum atomic E-state index is 12.5. The molecule has 0 aromatic heterocycles. The Balaban J connectivity index is 2.70. The van der Waals surface area contributed by atoms with Crippen LogP contribution in [0, 0.1) is 16.7 Å². The molecule has 2 nitrogen and oxygen atoms in total. The van der Waals surface area contributed by atoms with Crippen molar-refractivity contribution in [2.45, 2.75) is 86.2 Å². The van der Waals surface area contributed by atoms with Gasteiger partial charge < -0.3 is 4.74 Å². The van der Waals surface area contributed by atoms with Crippen molar-refractivity contribution in [3.8, 4) is 0 Å². The van der Waals surface area contributed by atoms with Crippen LogP contribution in [-0.4, -0.2) is 12.1 Å². The van der Waals surface area contributed by atoms with Crippen LogP contribution in [0.3, 0.4) is 0 Å². The average Bonchev–Trinajstić information content (AvgIpc) is 2.77. The summed E-state index contributed by atoms with van der Waals surface area (Å²) in [5.74, 6) is 0.0315. The minimum absolute atomic E-state index is 0.00282. The van der Waals surface area contributed by atoms with Crippen LogP contribution in [-0.2, 0) is 9.53 Å². The molecule has 0 aromatic rings. The molecular weight excluding hydrogens is 236 g/mol. The Morgan fingerprint density at radius 2 is 1.68 bits per heavy atom. The zero-order valence-corrected chi connectivity index (χ0v) is 13.7. The first kappa shape index (κ1) is 16.5. The summed E-state index contributed by atoms with van der Waals surface area (Å²) in [6.07, 6.45) is 6.72. The number of esters is 1. The van der Waals surface area contributed by atoms with Crippen LogP contribution in [0.15, 0.2) is 0 Å². The Hall–Kier alpha value is -0.530. The number of carbonyl (C=O) groups excluding carboxylic acids is 1. The Morgan fingerprint density at radius 3 is 2.11 bits per heavy atom. The molecule has 0 radical (unpaired) electrons. The Morgan fingerprint density at radius 1 is 1.16 bits per heavy atom. The van der Waals surface area contributed by atoms with E-state index in [1.165, 1.54) is 12.8 Å². The summed E-state index contributed by atoms with van der Waals surface area (Å²) in [4.78, 5) is 12.5. The van der Waals surface area contributed by atoms with Gasteiger partial charge in [-0.3, -0.25) is 4.79 Å². The normalized spacial score (nSPS) is 19.5. The molecule has 1 aliphatic rings. The van der Waals surface area contributed by atoms with E-state index >= 15 is 0 Å². The summed E-state index contributed by atoms with van der Waals surface area (Å²) in [6, 6.07) is 0. The number of hydrogen-bond donors (Lipinski definition) is 0. The predicted molar refractivity (Wildman–Crippen MR) is 80.0 cm³/mol. The molecule has 1 fully saturated rings. The monoisotopic (exact) mass is 268 g/mol. The van der Waals surface area contributed by atoms with E-state index in [0.29, 0.717) is 0 Å². The highest BCUT2D eigenvalue weighted by molar-refractivity contribution is 5.73. The molecule has 1 atom stereocenters. The van der Waals surface area contributed by atoms with E-state index in [-0.39, 0.29) is 28.8 Å². The third-order valence-electron chi connectivity index (χ3n) is 4.63. The molecule has 2 heteroatoms. The Kier molecular flexibility index (Phi) is 5.46. The molecule has 0 aliphatic heterocycles. The number of ether oxygens (including phenoxy) is 1. The van der Waals surface area contributed by atoms with Gasteiger partial charge in [-0.1, -0.05) is 48.0 Å². The molecule has 112 valence electrons. The third-order valence-corrected chi connectivity index (χ3v) is 4.63. The minimum Gasteiger partial charge on any atom is -0.462 e. The Bertz CT molecular complexity index is 293. The molecule has 0 bridgehead atoms. The lowest BCUT2D eigenvalue weighted by Gasteiger charge is -2.35. The van der Waals surface area contributed by atoms with Gasteiger partial charge in [0.15, 0.2) is 0 Å². The van der Waals surface area contributed by atoms with Crippen molar-refractivity contribution >= 4 is 5.97 Å². The van der Waals surface area contributed by atoms with Gasteiger partial charge in [0.05, 0.1) is 5.92 Å². The van der Waals surface area contributed by atoms with E-state index in [9.17, 15) is 4.79 Å². The summed E-state index contributed by atoms with van der Waals surface area (Å²) < 4.78 is 5.75. The Labute approximate surface area is 119 Å². The fourth-order valence-corrected chi connectivity index (χ4v) is 2.69. The smallest absolute Gasteiger partial charge is 0.309 e. The maximum Gasteiger partial charge on any atom is 0.309 e. The topological polar surface area (TPSA) is 26.3 Å². The zero-order valence-electron chi connectivity index (χ0n) is 13.7. The molecule has 19 heavy (non-hydrogen) atoms. The van der Waals surface area contributed by atoms with Crippen molar-refractivity contribution < 1.29 is 9.53 Å². The highest BCUT2D eigenvalue weighted by atomic mass is 16.5. The second-order valence-corrected chi connectivity index (χ2v) is 7.98. The summed E-state index contributed by atoms with van der Waals surface area (Å²) in [7, 11) is 0. The molecule has 0 saturated heterocycles. The summed E-state index contributed by atoms with van der Waals surface area (Å²) in [5, 5.41) is 0.